The van der Waals surface area contributed by atoms with Gasteiger partial charge >= 0.3 is 5.97 Å². The number of methoxy groups -OCH3 is 1. The number of hydrogen-bond donors (Lipinski definition) is 0. The Morgan fingerprint density at radius 3 is 2.67 bits per heavy atom. The molecule has 0 amide bonds. The van der Waals surface area contributed by atoms with Gasteiger partial charge in [-0.3, -0.25) is 4.79 Å². The fraction of sp³-hybridized carbons (Fsp3) is 0.889. The van der Waals surface area contributed by atoms with Gasteiger partial charge in [-0.25, -0.2) is 0 Å². The van der Waals surface area contributed by atoms with E-state index in [-0.39, 0.29) is 5.97 Å². The van der Waals surface area contributed by atoms with E-state index >= 15 is 0 Å². The molecule has 0 aromatic heterocycles. The number of rotatable bonds is 6. The lowest BCUT2D eigenvalue weighted by Crippen LogP contribution is -2.10. The van der Waals surface area contributed by atoms with Crippen LogP contribution in [0.15, 0.2) is 0 Å². The summed E-state index contributed by atoms with van der Waals surface area (Å²) in [5, 5.41) is 0. The first-order chi connectivity index (χ1) is 5.70. The Kier molecular flexibility index (Phi) is 6.76. The molecule has 0 unspecified atom stereocenters. The first-order valence-corrected chi connectivity index (χ1v) is 4.35. The van der Waals surface area contributed by atoms with Crippen molar-refractivity contribution >= 4 is 5.97 Å². The third-order valence-corrected chi connectivity index (χ3v) is 1.64. The van der Waals surface area contributed by atoms with Crippen molar-refractivity contribution in [3.63, 3.8) is 0 Å². The standard InChI is InChI=1S/C9H18O3/c1-4-12-9(10)7-8(2)5-6-11-3/h8H,4-7H2,1-3H3/t8-/m0/s1. The Morgan fingerprint density at radius 2 is 2.17 bits per heavy atom. The van der Waals surface area contributed by atoms with Crippen molar-refractivity contribution in [3.8, 4) is 0 Å². The van der Waals surface area contributed by atoms with Crippen molar-refractivity contribution in [1.29, 1.82) is 0 Å². The summed E-state index contributed by atoms with van der Waals surface area (Å²) in [5.74, 6) is 0.241. The summed E-state index contributed by atoms with van der Waals surface area (Å²) in [6, 6.07) is 0. The number of ether oxygens (including phenoxy) is 2. The monoisotopic (exact) mass is 174 g/mol. The van der Waals surface area contributed by atoms with Gasteiger partial charge in [0.2, 0.25) is 0 Å². The van der Waals surface area contributed by atoms with Crippen LogP contribution in [0.2, 0.25) is 0 Å². The summed E-state index contributed by atoms with van der Waals surface area (Å²) in [5.41, 5.74) is 0. The number of esters is 1. The molecule has 0 radical (unpaired) electrons. The summed E-state index contributed by atoms with van der Waals surface area (Å²) in [6.45, 7) is 5.02. The van der Waals surface area contributed by atoms with E-state index in [1.165, 1.54) is 0 Å². The van der Waals surface area contributed by atoms with Crippen LogP contribution in [0.4, 0.5) is 0 Å². The summed E-state index contributed by atoms with van der Waals surface area (Å²) < 4.78 is 9.71. The molecule has 0 spiro atoms. The highest BCUT2D eigenvalue weighted by atomic mass is 16.5. The zero-order valence-corrected chi connectivity index (χ0v) is 8.13. The van der Waals surface area contributed by atoms with Gasteiger partial charge in [0.15, 0.2) is 0 Å². The average molecular weight is 174 g/mol. The molecule has 0 aromatic carbocycles. The lowest BCUT2D eigenvalue weighted by Gasteiger charge is -2.08. The molecule has 0 bridgehead atoms. The molecule has 12 heavy (non-hydrogen) atoms. The molecule has 0 rings (SSSR count). The Labute approximate surface area is 74.0 Å². The molecule has 3 heteroatoms. The van der Waals surface area contributed by atoms with Crippen molar-refractivity contribution in [1.82, 2.24) is 0 Å². The van der Waals surface area contributed by atoms with Crippen molar-refractivity contribution in [2.24, 2.45) is 5.92 Å². The van der Waals surface area contributed by atoms with Crippen LogP contribution in [-0.2, 0) is 14.3 Å². The topological polar surface area (TPSA) is 35.5 Å². The predicted molar refractivity (Wildman–Crippen MR) is 46.9 cm³/mol. The summed E-state index contributed by atoms with van der Waals surface area (Å²) in [4.78, 5) is 11.0. The highest BCUT2D eigenvalue weighted by molar-refractivity contribution is 5.69. The molecule has 0 N–H and O–H groups in total. The van der Waals surface area contributed by atoms with E-state index in [0.717, 1.165) is 6.42 Å². The van der Waals surface area contributed by atoms with Gasteiger partial charge in [-0.1, -0.05) is 6.92 Å². The van der Waals surface area contributed by atoms with Crippen LogP contribution in [0.25, 0.3) is 0 Å². The van der Waals surface area contributed by atoms with E-state index in [2.05, 4.69) is 0 Å². The molecular formula is C9H18O3. The first-order valence-electron chi connectivity index (χ1n) is 4.35. The molecule has 0 saturated carbocycles. The smallest absolute Gasteiger partial charge is 0.306 e. The Hall–Kier alpha value is -0.570. The predicted octanol–water partition coefficient (Wildman–Crippen LogP) is 1.61. The molecule has 3 nitrogen and oxygen atoms in total. The van der Waals surface area contributed by atoms with Crippen LogP contribution in [0.3, 0.4) is 0 Å². The largest absolute Gasteiger partial charge is 0.466 e. The minimum atomic E-state index is -0.110. The minimum absolute atomic E-state index is 0.110. The molecule has 0 aliphatic carbocycles. The quantitative estimate of drug-likeness (QED) is 0.574. The van der Waals surface area contributed by atoms with Gasteiger partial charge in [-0.05, 0) is 19.3 Å². The molecule has 0 aromatic rings. The van der Waals surface area contributed by atoms with Gasteiger partial charge in [-0.2, -0.15) is 0 Å². The summed E-state index contributed by atoms with van der Waals surface area (Å²) in [7, 11) is 1.66. The summed E-state index contributed by atoms with van der Waals surface area (Å²) in [6.07, 6.45) is 1.41. The van der Waals surface area contributed by atoms with Gasteiger partial charge in [-0.15, -0.1) is 0 Å². The van der Waals surface area contributed by atoms with E-state index < -0.39 is 0 Å². The van der Waals surface area contributed by atoms with Gasteiger partial charge in [0.25, 0.3) is 0 Å². The highest BCUT2D eigenvalue weighted by Gasteiger charge is 2.08. The van der Waals surface area contributed by atoms with E-state index in [9.17, 15) is 4.79 Å². The number of carbonyl (C=O) groups is 1. The van der Waals surface area contributed by atoms with E-state index in [4.69, 9.17) is 9.47 Å². The fourth-order valence-electron chi connectivity index (χ4n) is 0.926. The molecule has 0 aliphatic rings. The normalized spacial score (nSPS) is 12.6. The zero-order valence-electron chi connectivity index (χ0n) is 8.13. The second-order valence-electron chi connectivity index (χ2n) is 2.90. The molecule has 0 saturated heterocycles. The maximum Gasteiger partial charge on any atom is 0.306 e. The van der Waals surface area contributed by atoms with E-state index in [0.29, 0.717) is 25.6 Å². The molecule has 0 aliphatic heterocycles. The molecule has 0 heterocycles. The second kappa shape index (κ2) is 7.10. The third-order valence-electron chi connectivity index (χ3n) is 1.64. The number of hydrogen-bond acceptors (Lipinski definition) is 3. The minimum Gasteiger partial charge on any atom is -0.466 e. The Balaban J connectivity index is 3.40. The lowest BCUT2D eigenvalue weighted by molar-refractivity contribution is -0.144. The second-order valence-corrected chi connectivity index (χ2v) is 2.90. The zero-order chi connectivity index (χ0) is 9.40. The lowest BCUT2D eigenvalue weighted by atomic mass is 10.1. The van der Waals surface area contributed by atoms with Crippen LogP contribution < -0.4 is 0 Å². The maximum absolute atomic E-state index is 11.0. The van der Waals surface area contributed by atoms with Gasteiger partial charge in [0, 0.05) is 20.1 Å². The van der Waals surface area contributed by atoms with Gasteiger partial charge in [0.1, 0.15) is 0 Å². The maximum atomic E-state index is 11.0. The SMILES string of the molecule is CCOC(=O)C[C@@H](C)CCOC. The number of carbonyl (C=O) groups excluding carboxylic acids is 1. The Morgan fingerprint density at radius 1 is 1.50 bits per heavy atom. The van der Waals surface area contributed by atoms with E-state index in [1.54, 1.807) is 7.11 Å². The molecule has 1 atom stereocenters. The van der Waals surface area contributed by atoms with Crippen LogP contribution >= 0.6 is 0 Å². The van der Waals surface area contributed by atoms with Crippen LogP contribution in [0.5, 0.6) is 0 Å². The van der Waals surface area contributed by atoms with E-state index in [1.807, 2.05) is 13.8 Å². The van der Waals surface area contributed by atoms with Crippen molar-refractivity contribution < 1.29 is 14.3 Å². The summed E-state index contributed by atoms with van der Waals surface area (Å²) >= 11 is 0. The van der Waals surface area contributed by atoms with Crippen LogP contribution in [-0.4, -0.2) is 26.3 Å². The fourth-order valence-corrected chi connectivity index (χ4v) is 0.926. The van der Waals surface area contributed by atoms with Crippen LogP contribution in [0, 0.1) is 5.92 Å². The average Bonchev–Trinajstić information content (AvgIpc) is 2.01. The first kappa shape index (κ1) is 11.4. The van der Waals surface area contributed by atoms with Crippen molar-refractivity contribution in [3.05, 3.63) is 0 Å². The molecular weight excluding hydrogens is 156 g/mol. The van der Waals surface area contributed by atoms with Crippen LogP contribution in [0.1, 0.15) is 26.7 Å². The van der Waals surface area contributed by atoms with Gasteiger partial charge in [0.05, 0.1) is 6.61 Å². The molecule has 0 fully saturated rings. The Bertz CT molecular complexity index is 123. The van der Waals surface area contributed by atoms with Crippen molar-refractivity contribution in [2.75, 3.05) is 20.3 Å². The highest BCUT2D eigenvalue weighted by Crippen LogP contribution is 2.07. The van der Waals surface area contributed by atoms with Crippen molar-refractivity contribution in [2.45, 2.75) is 26.7 Å². The van der Waals surface area contributed by atoms with Gasteiger partial charge < -0.3 is 9.47 Å². The third kappa shape index (κ3) is 6.16. The molecule has 72 valence electrons.